The van der Waals surface area contributed by atoms with Crippen LogP contribution in [0.15, 0.2) is 147 Å². The van der Waals surface area contributed by atoms with E-state index in [1.165, 1.54) is 11.1 Å². The second-order valence-corrected chi connectivity index (χ2v) is 10.9. The van der Waals surface area contributed by atoms with Crippen molar-refractivity contribution in [1.82, 2.24) is 5.32 Å². The number of furan rings is 1. The molecule has 0 fully saturated rings. The smallest absolute Gasteiger partial charge is 0.169 e. The molecule has 4 aromatic rings. The van der Waals surface area contributed by atoms with Crippen LogP contribution in [0.25, 0.3) is 27.5 Å². The van der Waals surface area contributed by atoms with Crippen LogP contribution in [0.1, 0.15) is 42.1 Å². The number of para-hydroxylation sites is 1. The maximum absolute atomic E-state index is 6.43. The van der Waals surface area contributed by atoms with Crippen molar-refractivity contribution in [2.75, 3.05) is 0 Å². The van der Waals surface area contributed by atoms with Gasteiger partial charge in [-0.1, -0.05) is 97.1 Å². The largest absolute Gasteiger partial charge is 0.456 e. The van der Waals surface area contributed by atoms with Crippen LogP contribution in [-0.4, -0.2) is 11.7 Å². The molecule has 2 unspecified atom stereocenters. The Morgan fingerprint density at radius 2 is 1.66 bits per heavy atom. The van der Waals surface area contributed by atoms with Gasteiger partial charge in [0.2, 0.25) is 0 Å². The van der Waals surface area contributed by atoms with Gasteiger partial charge in [-0.2, -0.15) is 0 Å². The first-order valence-electron chi connectivity index (χ1n) is 14.4. The van der Waals surface area contributed by atoms with Crippen LogP contribution < -0.4 is 5.32 Å². The molecule has 0 spiro atoms. The van der Waals surface area contributed by atoms with Crippen LogP contribution in [0.5, 0.6) is 0 Å². The number of nitrogens with zero attached hydrogens (tertiary/aromatic N) is 2. The molecule has 3 aromatic carbocycles. The topological polar surface area (TPSA) is 49.9 Å². The van der Waals surface area contributed by atoms with Crippen molar-refractivity contribution in [2.45, 2.75) is 25.4 Å². The highest BCUT2D eigenvalue weighted by Gasteiger charge is 2.26. The number of hydrogen-bond donors (Lipinski definition) is 1. The number of amidine groups is 2. The molecule has 4 nitrogen and oxygen atoms in total. The minimum Gasteiger partial charge on any atom is -0.456 e. The van der Waals surface area contributed by atoms with Crippen molar-refractivity contribution < 1.29 is 4.42 Å². The summed E-state index contributed by atoms with van der Waals surface area (Å²) in [4.78, 5) is 10.4. The molecule has 0 saturated heterocycles. The Hall–Kier alpha value is -4.96. The number of aliphatic imine (C=N–C) groups is 2. The molecule has 41 heavy (non-hydrogen) atoms. The van der Waals surface area contributed by atoms with Gasteiger partial charge in [-0.05, 0) is 65.8 Å². The van der Waals surface area contributed by atoms with Gasteiger partial charge in [0, 0.05) is 27.8 Å². The second-order valence-electron chi connectivity index (χ2n) is 10.9. The predicted molar refractivity (Wildman–Crippen MR) is 169 cm³/mol. The van der Waals surface area contributed by atoms with Gasteiger partial charge in [0.15, 0.2) is 6.17 Å². The first-order valence-corrected chi connectivity index (χ1v) is 14.4. The van der Waals surface area contributed by atoms with Crippen molar-refractivity contribution in [3.63, 3.8) is 0 Å². The summed E-state index contributed by atoms with van der Waals surface area (Å²) in [6, 6.07) is 23.0. The fraction of sp³-hybridized carbons (Fsp3) is 0.135. The van der Waals surface area contributed by atoms with E-state index in [2.05, 4.69) is 109 Å². The Morgan fingerprint density at radius 1 is 0.780 bits per heavy atom. The number of rotatable bonds is 4. The van der Waals surface area contributed by atoms with E-state index in [-0.39, 0.29) is 6.17 Å². The Labute approximate surface area is 239 Å². The molecule has 1 aromatic heterocycles. The van der Waals surface area contributed by atoms with E-state index in [4.69, 9.17) is 14.4 Å². The standard InChI is InChI=1S/C37H29N3O/c1-3-11-24(12-4-1)29-22-31(34-30-17-9-10-18-32(30)41-33(34)23-29)37-39-35(26-14-5-2-6-15-26)38-36(40-37)28-20-19-25-13-7-8-16-27(25)21-28/h2-3,5-18,20-23,25,35H,1,4,19H2,(H,38,39,40). The van der Waals surface area contributed by atoms with Crippen molar-refractivity contribution in [1.29, 1.82) is 0 Å². The number of allylic oxidation sites excluding steroid dienone is 10. The zero-order chi connectivity index (χ0) is 27.2. The van der Waals surface area contributed by atoms with Gasteiger partial charge in [-0.25, -0.2) is 9.98 Å². The van der Waals surface area contributed by atoms with E-state index < -0.39 is 0 Å². The molecule has 2 heterocycles. The quantitative estimate of drug-likeness (QED) is 0.286. The molecule has 0 saturated carbocycles. The lowest BCUT2D eigenvalue weighted by Gasteiger charge is -2.26. The number of hydrogen-bond acceptors (Lipinski definition) is 4. The summed E-state index contributed by atoms with van der Waals surface area (Å²) in [5.41, 5.74) is 8.60. The lowest BCUT2D eigenvalue weighted by atomic mass is 9.85. The van der Waals surface area contributed by atoms with E-state index in [0.717, 1.165) is 75.1 Å². The van der Waals surface area contributed by atoms with Crippen LogP contribution in [-0.2, 0) is 0 Å². The Bertz CT molecular complexity index is 1940. The average molecular weight is 532 g/mol. The summed E-state index contributed by atoms with van der Waals surface area (Å²) in [5, 5.41) is 5.83. The summed E-state index contributed by atoms with van der Waals surface area (Å²) in [7, 11) is 0. The van der Waals surface area contributed by atoms with Crippen LogP contribution in [0.4, 0.5) is 0 Å². The highest BCUT2D eigenvalue weighted by molar-refractivity contribution is 6.24. The van der Waals surface area contributed by atoms with Crippen LogP contribution >= 0.6 is 0 Å². The normalized spacial score (nSPS) is 21.5. The van der Waals surface area contributed by atoms with E-state index in [0.29, 0.717) is 5.92 Å². The maximum atomic E-state index is 6.43. The van der Waals surface area contributed by atoms with Crippen LogP contribution in [0.3, 0.4) is 0 Å². The van der Waals surface area contributed by atoms with Crippen molar-refractivity contribution in [2.24, 2.45) is 15.9 Å². The molecular formula is C37H29N3O. The summed E-state index contributed by atoms with van der Waals surface area (Å²) < 4.78 is 6.43. The maximum Gasteiger partial charge on any atom is 0.169 e. The van der Waals surface area contributed by atoms with Gasteiger partial charge in [0.05, 0.1) is 0 Å². The zero-order valence-corrected chi connectivity index (χ0v) is 22.6. The first kappa shape index (κ1) is 23.9. The Kier molecular flexibility index (Phi) is 5.77. The lowest BCUT2D eigenvalue weighted by Crippen LogP contribution is -2.37. The number of benzene rings is 3. The van der Waals surface area contributed by atoms with Crippen molar-refractivity contribution in [3.8, 4) is 0 Å². The molecule has 4 heteroatoms. The van der Waals surface area contributed by atoms with Gasteiger partial charge in [-0.15, -0.1) is 0 Å². The number of nitrogens with one attached hydrogen (secondary N) is 1. The van der Waals surface area contributed by atoms with Gasteiger partial charge in [-0.3, -0.25) is 0 Å². The molecule has 198 valence electrons. The van der Waals surface area contributed by atoms with Gasteiger partial charge in [0.25, 0.3) is 0 Å². The third-order valence-electron chi connectivity index (χ3n) is 8.26. The molecule has 8 rings (SSSR count). The van der Waals surface area contributed by atoms with Crippen LogP contribution in [0.2, 0.25) is 0 Å². The van der Waals surface area contributed by atoms with Gasteiger partial charge in [0.1, 0.15) is 22.8 Å². The fourth-order valence-electron chi connectivity index (χ4n) is 6.17. The third-order valence-corrected chi connectivity index (χ3v) is 8.26. The molecular weight excluding hydrogens is 502 g/mol. The summed E-state index contributed by atoms with van der Waals surface area (Å²) in [6.45, 7) is 0. The monoisotopic (exact) mass is 531 g/mol. The SMILES string of the molecule is C1=CC2=CC(C3=NC(c4ccccc4)N=C(c4cc(C5=CCCC=C5)cc5oc6ccccc6c45)N3)=CCC2C=C1. The highest BCUT2D eigenvalue weighted by atomic mass is 16.3. The molecule has 4 aliphatic rings. The molecule has 0 amide bonds. The molecule has 1 aliphatic heterocycles. The third kappa shape index (κ3) is 4.33. The summed E-state index contributed by atoms with van der Waals surface area (Å²) in [6.07, 6.45) is 22.8. The van der Waals surface area contributed by atoms with Crippen molar-refractivity contribution >= 4 is 39.2 Å². The Balaban J connectivity index is 1.31. The van der Waals surface area contributed by atoms with E-state index in [9.17, 15) is 0 Å². The van der Waals surface area contributed by atoms with Gasteiger partial charge >= 0.3 is 0 Å². The predicted octanol–water partition coefficient (Wildman–Crippen LogP) is 8.77. The molecule has 0 radical (unpaired) electrons. The first-order chi connectivity index (χ1) is 20.3. The Morgan fingerprint density at radius 3 is 2.56 bits per heavy atom. The van der Waals surface area contributed by atoms with E-state index in [1.54, 1.807) is 0 Å². The molecule has 0 bridgehead atoms. The van der Waals surface area contributed by atoms with Crippen molar-refractivity contribution in [3.05, 3.63) is 149 Å². The minimum absolute atomic E-state index is 0.355. The second kappa shape index (κ2) is 9.90. The van der Waals surface area contributed by atoms with E-state index >= 15 is 0 Å². The fourth-order valence-corrected chi connectivity index (χ4v) is 6.17. The van der Waals surface area contributed by atoms with Crippen LogP contribution in [0, 0.1) is 5.92 Å². The lowest BCUT2D eigenvalue weighted by molar-refractivity contribution is 0.668. The molecule has 3 aliphatic carbocycles. The molecule has 2 atom stereocenters. The number of fused-ring (bicyclic) bond motifs is 4. The summed E-state index contributed by atoms with van der Waals surface area (Å²) in [5.74, 6) is 2.08. The molecule has 1 N–H and O–H groups in total. The van der Waals surface area contributed by atoms with E-state index in [1.807, 2.05) is 18.2 Å². The highest BCUT2D eigenvalue weighted by Crippen LogP contribution is 2.37. The van der Waals surface area contributed by atoms with Gasteiger partial charge < -0.3 is 9.73 Å². The minimum atomic E-state index is -0.355. The summed E-state index contributed by atoms with van der Waals surface area (Å²) >= 11 is 0. The zero-order valence-electron chi connectivity index (χ0n) is 22.6. The average Bonchev–Trinajstić information content (AvgIpc) is 3.43.